The van der Waals surface area contributed by atoms with Gasteiger partial charge in [-0.05, 0) is 29.3 Å². The van der Waals surface area contributed by atoms with E-state index in [0.29, 0.717) is 0 Å². The Morgan fingerprint density at radius 1 is 1.21 bits per heavy atom. The molecule has 118 valence electrons. The van der Waals surface area contributed by atoms with Gasteiger partial charge in [0.25, 0.3) is 0 Å². The summed E-state index contributed by atoms with van der Waals surface area (Å²) < 4.78 is 3.77. The molecule has 0 fully saturated rings. The lowest BCUT2D eigenvalue weighted by molar-refractivity contribution is -0.674. The monoisotopic (exact) mass is 315 g/mol. The average Bonchev–Trinajstić information content (AvgIpc) is 3.27. The highest BCUT2D eigenvalue weighted by Gasteiger charge is 2.04. The van der Waals surface area contributed by atoms with Crippen LogP contribution in [0.25, 0.3) is 17.1 Å². The molecule has 5 heteroatoms. The average molecular weight is 315 g/mol. The molecule has 3 aromatic heterocycles. The van der Waals surface area contributed by atoms with E-state index in [1.54, 1.807) is 6.33 Å². The van der Waals surface area contributed by atoms with Gasteiger partial charge in [0, 0.05) is 24.5 Å². The van der Waals surface area contributed by atoms with E-state index in [1.807, 2.05) is 46.9 Å². The molecule has 0 spiro atoms. The molecule has 1 aromatic carbocycles. The van der Waals surface area contributed by atoms with E-state index in [0.717, 1.165) is 29.2 Å². The summed E-state index contributed by atoms with van der Waals surface area (Å²) in [5.74, 6) is 0.873. The number of benzene rings is 1. The van der Waals surface area contributed by atoms with Gasteiger partial charge in [0.05, 0.1) is 25.3 Å². The molecule has 0 aliphatic heterocycles. The highest BCUT2D eigenvalue weighted by Crippen LogP contribution is 2.19. The lowest BCUT2D eigenvalue weighted by Gasteiger charge is -2.07. The maximum absolute atomic E-state index is 4.74. The van der Waals surface area contributed by atoms with Crippen LogP contribution in [0.3, 0.4) is 0 Å². The van der Waals surface area contributed by atoms with Crippen molar-refractivity contribution in [3.05, 3.63) is 85.0 Å². The number of rotatable bonds is 4. The molecule has 4 rings (SSSR count). The number of hydrogen-bond donors (Lipinski definition) is 1. The maximum Gasteiger partial charge on any atom is 0.244 e. The second-order valence-corrected chi connectivity index (χ2v) is 5.71. The maximum atomic E-state index is 4.74. The van der Waals surface area contributed by atoms with E-state index in [9.17, 15) is 0 Å². The van der Waals surface area contributed by atoms with Crippen LogP contribution in [0, 0.1) is 6.33 Å². The zero-order valence-electron chi connectivity index (χ0n) is 13.3. The summed E-state index contributed by atoms with van der Waals surface area (Å²) in [4.78, 5) is 12.0. The fourth-order valence-electron chi connectivity index (χ4n) is 2.70. The number of imidazole rings is 2. The largest absolute Gasteiger partial charge is 0.345 e. The summed E-state index contributed by atoms with van der Waals surface area (Å²) in [6.07, 6.45) is 11.4. The first-order valence-corrected chi connectivity index (χ1v) is 7.78. The smallest absolute Gasteiger partial charge is 0.244 e. The third-order valence-corrected chi connectivity index (χ3v) is 3.87. The number of H-pyrrole nitrogens is 1. The Balaban J connectivity index is 1.61. The topological polar surface area (TPSA) is 50.4 Å². The van der Waals surface area contributed by atoms with Crippen LogP contribution in [0.4, 0.5) is 0 Å². The SMILES string of the molecule is C[n+]1[c-]n(-c2cccc(Cc3cccc(-c4cnc[nH]4)c3)n2)cc1. The number of pyridine rings is 1. The number of nitrogens with zero attached hydrogens (tertiary/aromatic N) is 4. The molecule has 0 radical (unpaired) electrons. The molecule has 0 bridgehead atoms. The molecule has 24 heavy (non-hydrogen) atoms. The highest BCUT2D eigenvalue weighted by atomic mass is 15.1. The fraction of sp³-hybridized carbons (Fsp3) is 0.105. The van der Waals surface area contributed by atoms with Gasteiger partial charge in [-0.15, -0.1) is 0 Å². The molecular formula is C19H17N5. The van der Waals surface area contributed by atoms with Gasteiger partial charge in [0.2, 0.25) is 6.33 Å². The van der Waals surface area contributed by atoms with Crippen molar-refractivity contribution in [3.63, 3.8) is 0 Å². The fourth-order valence-corrected chi connectivity index (χ4v) is 2.70. The number of nitrogens with one attached hydrogen (secondary N) is 1. The molecular weight excluding hydrogens is 298 g/mol. The Morgan fingerprint density at radius 2 is 2.12 bits per heavy atom. The Bertz CT molecular complexity index is 953. The van der Waals surface area contributed by atoms with Crippen LogP contribution in [-0.2, 0) is 13.5 Å². The van der Waals surface area contributed by atoms with Crippen LogP contribution in [0.15, 0.2) is 67.4 Å². The second kappa shape index (κ2) is 6.12. The molecule has 0 saturated carbocycles. The van der Waals surface area contributed by atoms with Crippen molar-refractivity contribution in [3.8, 4) is 17.1 Å². The number of hydrogen-bond acceptors (Lipinski definition) is 2. The van der Waals surface area contributed by atoms with Crippen molar-refractivity contribution < 1.29 is 4.57 Å². The van der Waals surface area contributed by atoms with Crippen LogP contribution in [0.5, 0.6) is 0 Å². The van der Waals surface area contributed by atoms with Crippen LogP contribution in [0.1, 0.15) is 11.3 Å². The van der Waals surface area contributed by atoms with Gasteiger partial charge in [-0.1, -0.05) is 24.3 Å². The minimum absolute atomic E-state index is 0.781. The van der Waals surface area contributed by atoms with Gasteiger partial charge >= 0.3 is 0 Å². The van der Waals surface area contributed by atoms with E-state index in [4.69, 9.17) is 4.98 Å². The first kappa shape index (κ1) is 14.4. The Morgan fingerprint density at radius 3 is 2.92 bits per heavy atom. The van der Waals surface area contributed by atoms with Crippen LogP contribution < -0.4 is 4.57 Å². The predicted molar refractivity (Wildman–Crippen MR) is 90.4 cm³/mol. The van der Waals surface area contributed by atoms with Crippen molar-refractivity contribution in [2.45, 2.75) is 6.42 Å². The van der Waals surface area contributed by atoms with Gasteiger partial charge in [-0.3, -0.25) is 4.98 Å². The molecule has 0 aliphatic carbocycles. The number of aryl methyl sites for hydroxylation is 1. The van der Waals surface area contributed by atoms with Crippen LogP contribution >= 0.6 is 0 Å². The van der Waals surface area contributed by atoms with Gasteiger partial charge in [0.15, 0.2) is 0 Å². The third-order valence-electron chi connectivity index (χ3n) is 3.87. The molecule has 0 aliphatic rings. The number of aromatic amines is 1. The summed E-state index contributed by atoms with van der Waals surface area (Å²) in [6, 6.07) is 14.5. The molecule has 0 saturated heterocycles. The first-order chi connectivity index (χ1) is 11.8. The minimum atomic E-state index is 0.781. The standard InChI is InChI=1S/C19H17N5/c1-23-8-9-24(14-23)19-7-3-6-17(22-19)11-15-4-2-5-16(10-15)18-12-20-13-21-18/h2-10,12-13H,11H2,1H3,(H,20,21). The van der Waals surface area contributed by atoms with Crippen molar-refractivity contribution in [2.75, 3.05) is 0 Å². The lowest BCUT2D eigenvalue weighted by Crippen LogP contribution is -2.24. The summed E-state index contributed by atoms with van der Waals surface area (Å²) in [5.41, 5.74) is 4.40. The minimum Gasteiger partial charge on any atom is -0.345 e. The van der Waals surface area contributed by atoms with Crippen molar-refractivity contribution in [2.24, 2.45) is 7.05 Å². The molecule has 0 unspecified atom stereocenters. The molecule has 3 heterocycles. The predicted octanol–water partition coefficient (Wildman–Crippen LogP) is 2.48. The van der Waals surface area contributed by atoms with Gasteiger partial charge < -0.3 is 14.1 Å². The second-order valence-electron chi connectivity index (χ2n) is 5.71. The van der Waals surface area contributed by atoms with E-state index >= 15 is 0 Å². The van der Waals surface area contributed by atoms with E-state index < -0.39 is 0 Å². The Labute approximate surface area is 140 Å². The van der Waals surface area contributed by atoms with Gasteiger partial charge in [-0.2, -0.15) is 0 Å². The first-order valence-electron chi connectivity index (χ1n) is 7.78. The van der Waals surface area contributed by atoms with Crippen LogP contribution in [0.2, 0.25) is 0 Å². The molecule has 4 aromatic rings. The van der Waals surface area contributed by atoms with E-state index in [1.165, 1.54) is 5.56 Å². The molecule has 5 nitrogen and oxygen atoms in total. The highest BCUT2D eigenvalue weighted by molar-refractivity contribution is 5.59. The normalized spacial score (nSPS) is 10.9. The zero-order chi connectivity index (χ0) is 16.4. The molecule has 0 atom stereocenters. The van der Waals surface area contributed by atoms with Gasteiger partial charge in [-0.25, -0.2) is 4.98 Å². The van der Waals surface area contributed by atoms with Crippen molar-refractivity contribution in [1.29, 1.82) is 0 Å². The Kier molecular flexibility index (Phi) is 3.67. The number of aromatic nitrogens is 5. The Hall–Kier alpha value is -3.21. The van der Waals surface area contributed by atoms with E-state index in [2.05, 4.69) is 46.6 Å². The summed E-state index contributed by atoms with van der Waals surface area (Å²) in [6.45, 7) is 0. The van der Waals surface area contributed by atoms with E-state index in [-0.39, 0.29) is 0 Å². The third kappa shape index (κ3) is 2.96. The quantitative estimate of drug-likeness (QED) is 0.465. The zero-order valence-corrected chi connectivity index (χ0v) is 13.3. The summed E-state index contributed by atoms with van der Waals surface area (Å²) >= 11 is 0. The summed E-state index contributed by atoms with van der Waals surface area (Å²) in [7, 11) is 1.95. The van der Waals surface area contributed by atoms with Crippen molar-refractivity contribution >= 4 is 0 Å². The molecule has 1 N–H and O–H groups in total. The molecule has 0 amide bonds. The summed E-state index contributed by atoms with van der Waals surface area (Å²) in [5, 5.41) is 0. The van der Waals surface area contributed by atoms with Crippen LogP contribution in [-0.4, -0.2) is 19.5 Å². The van der Waals surface area contributed by atoms with Gasteiger partial charge in [0.1, 0.15) is 5.82 Å². The van der Waals surface area contributed by atoms with Crippen molar-refractivity contribution in [1.82, 2.24) is 19.5 Å². The lowest BCUT2D eigenvalue weighted by atomic mass is 10.0.